The molecule has 2 rings (SSSR count). The van der Waals surface area contributed by atoms with Crippen LogP contribution in [0, 0.1) is 0 Å². The van der Waals surface area contributed by atoms with Crippen LogP contribution in [0.3, 0.4) is 0 Å². The van der Waals surface area contributed by atoms with Gasteiger partial charge in [-0.2, -0.15) is 0 Å². The highest BCUT2D eigenvalue weighted by atomic mass is 14.6. The highest BCUT2D eigenvalue weighted by Crippen LogP contribution is 2.24. The molecule has 1 atom stereocenters. The van der Waals surface area contributed by atoms with Crippen molar-refractivity contribution in [2.24, 2.45) is 0 Å². The molecule has 0 saturated carbocycles. The maximum atomic E-state index is 4.15. The first kappa shape index (κ1) is 11.8. The lowest BCUT2D eigenvalue weighted by molar-refractivity contribution is 0.665. The summed E-state index contributed by atoms with van der Waals surface area (Å²) in [5.41, 5.74) is 3.85. The Labute approximate surface area is 104 Å². The topological polar surface area (TPSA) is 12.9 Å². The van der Waals surface area contributed by atoms with E-state index in [-0.39, 0.29) is 0 Å². The number of hydrogen-bond acceptors (Lipinski definition) is 1. The molecule has 1 aromatic heterocycles. The molecule has 2 aromatic rings. The molecule has 0 bridgehead atoms. The number of pyridine rings is 1. The molecule has 0 fully saturated rings. The molecule has 1 aromatic carbocycles. The summed E-state index contributed by atoms with van der Waals surface area (Å²) < 4.78 is 0. The summed E-state index contributed by atoms with van der Waals surface area (Å²) in [7, 11) is 0. The molecule has 0 aliphatic carbocycles. The van der Waals surface area contributed by atoms with Crippen molar-refractivity contribution in [3.8, 4) is 11.1 Å². The SMILES string of the molecule is CCCC(C)c1ccc(-c2cccnc2)cc1. The van der Waals surface area contributed by atoms with E-state index < -0.39 is 0 Å². The molecule has 0 spiro atoms. The van der Waals surface area contributed by atoms with Crippen LogP contribution in [-0.2, 0) is 0 Å². The van der Waals surface area contributed by atoms with Crippen molar-refractivity contribution in [3.05, 3.63) is 54.4 Å². The van der Waals surface area contributed by atoms with Crippen molar-refractivity contribution in [1.29, 1.82) is 0 Å². The number of hydrogen-bond donors (Lipinski definition) is 0. The number of aromatic nitrogens is 1. The van der Waals surface area contributed by atoms with Gasteiger partial charge in [-0.15, -0.1) is 0 Å². The molecule has 1 unspecified atom stereocenters. The predicted octanol–water partition coefficient (Wildman–Crippen LogP) is 4.65. The van der Waals surface area contributed by atoms with Gasteiger partial charge in [0.15, 0.2) is 0 Å². The molecule has 17 heavy (non-hydrogen) atoms. The molecule has 0 radical (unpaired) electrons. The Morgan fingerprint density at radius 3 is 2.41 bits per heavy atom. The van der Waals surface area contributed by atoms with Gasteiger partial charge < -0.3 is 0 Å². The van der Waals surface area contributed by atoms with Crippen LogP contribution in [0.15, 0.2) is 48.8 Å². The molecule has 88 valence electrons. The Hall–Kier alpha value is -1.63. The first-order chi connectivity index (χ1) is 8.31. The minimum atomic E-state index is 0.656. The Morgan fingerprint density at radius 2 is 1.82 bits per heavy atom. The molecule has 0 aliphatic heterocycles. The van der Waals surface area contributed by atoms with E-state index in [0.29, 0.717) is 5.92 Å². The highest BCUT2D eigenvalue weighted by molar-refractivity contribution is 5.62. The van der Waals surface area contributed by atoms with Crippen molar-refractivity contribution in [2.45, 2.75) is 32.6 Å². The van der Waals surface area contributed by atoms with Crippen LogP contribution in [0.5, 0.6) is 0 Å². The van der Waals surface area contributed by atoms with Crippen LogP contribution in [0.1, 0.15) is 38.2 Å². The van der Waals surface area contributed by atoms with E-state index in [2.05, 4.69) is 49.2 Å². The van der Waals surface area contributed by atoms with Crippen molar-refractivity contribution in [1.82, 2.24) is 4.98 Å². The lowest BCUT2D eigenvalue weighted by atomic mass is 9.95. The molecule has 1 heterocycles. The zero-order valence-corrected chi connectivity index (χ0v) is 10.6. The van der Waals surface area contributed by atoms with Crippen LogP contribution in [0.2, 0.25) is 0 Å². The first-order valence-electron chi connectivity index (χ1n) is 6.31. The number of rotatable bonds is 4. The molecule has 1 nitrogen and oxygen atoms in total. The van der Waals surface area contributed by atoms with Gasteiger partial charge in [0.1, 0.15) is 0 Å². The third-order valence-electron chi connectivity index (χ3n) is 3.20. The molecule has 0 aliphatic rings. The zero-order chi connectivity index (χ0) is 12.1. The summed E-state index contributed by atoms with van der Waals surface area (Å²) in [6.07, 6.45) is 6.21. The highest BCUT2D eigenvalue weighted by Gasteiger charge is 2.04. The third kappa shape index (κ3) is 2.94. The molecule has 0 amide bonds. The van der Waals surface area contributed by atoms with Crippen LogP contribution in [-0.4, -0.2) is 4.98 Å². The maximum Gasteiger partial charge on any atom is 0.0346 e. The van der Waals surface area contributed by atoms with E-state index in [1.54, 1.807) is 6.20 Å². The molecule has 0 saturated heterocycles. The van der Waals surface area contributed by atoms with E-state index in [1.165, 1.54) is 29.5 Å². The van der Waals surface area contributed by atoms with Crippen LogP contribution in [0.4, 0.5) is 0 Å². The fourth-order valence-electron chi connectivity index (χ4n) is 2.14. The summed E-state index contributed by atoms with van der Waals surface area (Å²) >= 11 is 0. The second kappa shape index (κ2) is 5.62. The standard InChI is InChI=1S/C16H19N/c1-3-5-13(2)14-7-9-15(10-8-14)16-6-4-11-17-12-16/h4,6-13H,3,5H2,1-2H3. The summed E-state index contributed by atoms with van der Waals surface area (Å²) in [5.74, 6) is 0.656. The van der Waals surface area contributed by atoms with Gasteiger partial charge in [-0.1, -0.05) is 50.6 Å². The number of nitrogens with zero attached hydrogens (tertiary/aromatic N) is 1. The normalized spacial score (nSPS) is 12.4. The molecular weight excluding hydrogens is 206 g/mol. The second-order valence-corrected chi connectivity index (χ2v) is 4.55. The van der Waals surface area contributed by atoms with Gasteiger partial charge in [0.2, 0.25) is 0 Å². The van der Waals surface area contributed by atoms with Crippen LogP contribution >= 0.6 is 0 Å². The molecule has 0 N–H and O–H groups in total. The quantitative estimate of drug-likeness (QED) is 0.738. The van der Waals surface area contributed by atoms with Crippen molar-refractivity contribution < 1.29 is 0 Å². The van der Waals surface area contributed by atoms with Crippen molar-refractivity contribution >= 4 is 0 Å². The summed E-state index contributed by atoms with van der Waals surface area (Å²) in [4.78, 5) is 4.15. The first-order valence-corrected chi connectivity index (χ1v) is 6.31. The lowest BCUT2D eigenvalue weighted by Crippen LogP contribution is -1.92. The minimum absolute atomic E-state index is 0.656. The monoisotopic (exact) mass is 225 g/mol. The average Bonchev–Trinajstić information content (AvgIpc) is 2.40. The maximum absolute atomic E-state index is 4.15. The fourth-order valence-corrected chi connectivity index (χ4v) is 2.14. The molecule has 1 heteroatoms. The van der Waals surface area contributed by atoms with Crippen molar-refractivity contribution in [3.63, 3.8) is 0 Å². The Morgan fingerprint density at radius 1 is 1.06 bits per heavy atom. The summed E-state index contributed by atoms with van der Waals surface area (Å²) in [6.45, 7) is 4.53. The molecular formula is C16H19N. The van der Waals surface area contributed by atoms with Gasteiger partial charge in [-0.05, 0) is 35.1 Å². The minimum Gasteiger partial charge on any atom is -0.264 e. The lowest BCUT2D eigenvalue weighted by Gasteiger charge is -2.11. The number of benzene rings is 1. The van der Waals surface area contributed by atoms with Gasteiger partial charge in [0.25, 0.3) is 0 Å². The Bertz CT molecular complexity index is 445. The van der Waals surface area contributed by atoms with E-state index >= 15 is 0 Å². The van der Waals surface area contributed by atoms with Crippen LogP contribution in [0.25, 0.3) is 11.1 Å². The van der Waals surface area contributed by atoms with E-state index in [0.717, 1.165) is 0 Å². The largest absolute Gasteiger partial charge is 0.264 e. The fraction of sp³-hybridized carbons (Fsp3) is 0.312. The van der Waals surface area contributed by atoms with Crippen molar-refractivity contribution in [2.75, 3.05) is 0 Å². The van der Waals surface area contributed by atoms with E-state index in [1.807, 2.05) is 12.3 Å². The van der Waals surface area contributed by atoms with Crippen LogP contribution < -0.4 is 0 Å². The Balaban J connectivity index is 2.19. The van der Waals surface area contributed by atoms with Gasteiger partial charge in [0, 0.05) is 12.4 Å². The van der Waals surface area contributed by atoms with Gasteiger partial charge in [0.05, 0.1) is 0 Å². The second-order valence-electron chi connectivity index (χ2n) is 4.55. The zero-order valence-electron chi connectivity index (χ0n) is 10.6. The summed E-state index contributed by atoms with van der Waals surface area (Å²) in [6, 6.07) is 12.9. The third-order valence-corrected chi connectivity index (χ3v) is 3.20. The van der Waals surface area contributed by atoms with Gasteiger partial charge in [-0.3, -0.25) is 4.98 Å². The smallest absolute Gasteiger partial charge is 0.0346 e. The Kier molecular flexibility index (Phi) is 3.92. The summed E-state index contributed by atoms with van der Waals surface area (Å²) in [5, 5.41) is 0. The average molecular weight is 225 g/mol. The van der Waals surface area contributed by atoms with E-state index in [4.69, 9.17) is 0 Å². The van der Waals surface area contributed by atoms with E-state index in [9.17, 15) is 0 Å². The predicted molar refractivity (Wildman–Crippen MR) is 73.0 cm³/mol. The van der Waals surface area contributed by atoms with Gasteiger partial charge in [-0.25, -0.2) is 0 Å². The van der Waals surface area contributed by atoms with Gasteiger partial charge >= 0.3 is 0 Å².